The van der Waals surface area contributed by atoms with Crippen molar-refractivity contribution in [2.75, 3.05) is 11.9 Å². The van der Waals surface area contributed by atoms with Crippen LogP contribution in [-0.2, 0) is 4.79 Å². The zero-order valence-electron chi connectivity index (χ0n) is 7.81. The maximum Gasteiger partial charge on any atom is 0.329 e. The van der Waals surface area contributed by atoms with Gasteiger partial charge in [0, 0.05) is 7.05 Å². The van der Waals surface area contributed by atoms with Gasteiger partial charge in [-0.3, -0.25) is 0 Å². The van der Waals surface area contributed by atoms with Gasteiger partial charge in [-0.2, -0.15) is 0 Å². The molecule has 0 aliphatic rings. The predicted molar refractivity (Wildman–Crippen MR) is 46.6 cm³/mol. The van der Waals surface area contributed by atoms with E-state index >= 15 is 0 Å². The van der Waals surface area contributed by atoms with Gasteiger partial charge in [0.15, 0.2) is 0 Å². The van der Waals surface area contributed by atoms with Crippen LogP contribution in [0.15, 0.2) is 16.9 Å². The molecule has 0 aliphatic heterocycles. The molecule has 0 unspecified atom stereocenters. The SMILES string of the molecule is CN(c1ncco1)C(C)(C)C(=O)O. The lowest BCUT2D eigenvalue weighted by Crippen LogP contribution is -2.48. The first kappa shape index (κ1) is 9.57. The smallest absolute Gasteiger partial charge is 0.329 e. The number of likely N-dealkylation sites (N-methyl/N-ethyl adjacent to an activating group) is 1. The molecular weight excluding hydrogens is 172 g/mol. The van der Waals surface area contributed by atoms with Crippen LogP contribution in [-0.4, -0.2) is 28.6 Å². The van der Waals surface area contributed by atoms with Crippen LogP contribution < -0.4 is 4.90 Å². The molecule has 1 aromatic rings. The van der Waals surface area contributed by atoms with E-state index in [9.17, 15) is 4.79 Å². The minimum atomic E-state index is -1.02. The fourth-order valence-electron chi connectivity index (χ4n) is 0.764. The summed E-state index contributed by atoms with van der Waals surface area (Å²) in [4.78, 5) is 16.2. The average molecular weight is 184 g/mol. The molecule has 5 nitrogen and oxygen atoms in total. The van der Waals surface area contributed by atoms with Crippen LogP contribution in [0, 0.1) is 0 Å². The molecule has 1 N–H and O–H groups in total. The van der Waals surface area contributed by atoms with Gasteiger partial charge in [0.25, 0.3) is 6.01 Å². The van der Waals surface area contributed by atoms with Crippen LogP contribution >= 0.6 is 0 Å². The van der Waals surface area contributed by atoms with E-state index in [1.165, 1.54) is 17.4 Å². The van der Waals surface area contributed by atoms with Crippen LogP contribution in [0.5, 0.6) is 0 Å². The number of hydrogen-bond donors (Lipinski definition) is 1. The topological polar surface area (TPSA) is 66.6 Å². The molecule has 0 aliphatic carbocycles. The van der Waals surface area contributed by atoms with Gasteiger partial charge in [-0.25, -0.2) is 9.78 Å². The summed E-state index contributed by atoms with van der Waals surface area (Å²) >= 11 is 0. The molecule has 0 saturated carbocycles. The van der Waals surface area contributed by atoms with Crippen LogP contribution in [0.3, 0.4) is 0 Å². The standard InChI is InChI=1S/C8H12N2O3/c1-8(2,6(11)12)10(3)7-9-4-5-13-7/h4-5H,1-3H3,(H,11,12). The van der Waals surface area contributed by atoms with E-state index in [0.717, 1.165) is 0 Å². The Morgan fingerprint density at radius 3 is 2.69 bits per heavy atom. The minimum Gasteiger partial charge on any atom is -0.480 e. The van der Waals surface area contributed by atoms with E-state index < -0.39 is 11.5 Å². The second-order valence-corrected chi connectivity index (χ2v) is 3.24. The van der Waals surface area contributed by atoms with E-state index in [2.05, 4.69) is 4.98 Å². The number of hydrogen-bond acceptors (Lipinski definition) is 4. The lowest BCUT2D eigenvalue weighted by molar-refractivity contribution is -0.142. The van der Waals surface area contributed by atoms with Crippen molar-refractivity contribution >= 4 is 12.0 Å². The molecule has 5 heteroatoms. The Morgan fingerprint density at radius 1 is 1.69 bits per heavy atom. The van der Waals surface area contributed by atoms with Crippen LogP contribution in [0.4, 0.5) is 6.01 Å². The third-order valence-electron chi connectivity index (χ3n) is 2.07. The van der Waals surface area contributed by atoms with Crippen molar-refractivity contribution in [2.45, 2.75) is 19.4 Å². The third-order valence-corrected chi connectivity index (χ3v) is 2.07. The lowest BCUT2D eigenvalue weighted by atomic mass is 10.1. The monoisotopic (exact) mass is 184 g/mol. The second kappa shape index (κ2) is 3.08. The number of carbonyl (C=O) groups is 1. The van der Waals surface area contributed by atoms with E-state index in [0.29, 0.717) is 6.01 Å². The summed E-state index contributed by atoms with van der Waals surface area (Å²) in [6.45, 7) is 3.17. The van der Waals surface area contributed by atoms with Gasteiger partial charge in [0.1, 0.15) is 11.8 Å². The number of carboxylic acid groups (broad SMARTS) is 1. The number of carboxylic acids is 1. The Hall–Kier alpha value is -1.52. The predicted octanol–water partition coefficient (Wildman–Crippen LogP) is 0.974. The quantitative estimate of drug-likeness (QED) is 0.758. The lowest BCUT2D eigenvalue weighted by Gasteiger charge is -2.29. The van der Waals surface area contributed by atoms with Crippen molar-refractivity contribution in [3.8, 4) is 0 Å². The van der Waals surface area contributed by atoms with E-state index in [1.807, 2.05) is 0 Å². The Labute approximate surface area is 76.0 Å². The van der Waals surface area contributed by atoms with Crippen LogP contribution in [0.1, 0.15) is 13.8 Å². The summed E-state index contributed by atoms with van der Waals surface area (Å²) in [5, 5.41) is 8.90. The van der Waals surface area contributed by atoms with Crippen molar-refractivity contribution in [3.05, 3.63) is 12.5 Å². The molecular formula is C8H12N2O3. The second-order valence-electron chi connectivity index (χ2n) is 3.24. The maximum atomic E-state index is 10.8. The molecule has 0 saturated heterocycles. The van der Waals surface area contributed by atoms with Gasteiger partial charge in [0.2, 0.25) is 0 Å². The van der Waals surface area contributed by atoms with Gasteiger partial charge in [-0.1, -0.05) is 0 Å². The highest BCUT2D eigenvalue weighted by molar-refractivity contribution is 5.81. The van der Waals surface area contributed by atoms with Crippen LogP contribution in [0.2, 0.25) is 0 Å². The van der Waals surface area contributed by atoms with Gasteiger partial charge in [-0.05, 0) is 13.8 Å². The highest BCUT2D eigenvalue weighted by atomic mass is 16.4. The number of nitrogens with zero attached hydrogens (tertiary/aromatic N) is 2. The highest BCUT2D eigenvalue weighted by Gasteiger charge is 2.34. The molecule has 0 amide bonds. The van der Waals surface area contributed by atoms with Crippen LogP contribution in [0.25, 0.3) is 0 Å². The van der Waals surface area contributed by atoms with Crippen molar-refractivity contribution in [1.29, 1.82) is 0 Å². The molecule has 1 aromatic heterocycles. The summed E-state index contributed by atoms with van der Waals surface area (Å²) in [5.74, 6) is -0.923. The van der Waals surface area contributed by atoms with Crippen molar-refractivity contribution in [3.63, 3.8) is 0 Å². The number of anilines is 1. The molecule has 0 aromatic carbocycles. The fourth-order valence-corrected chi connectivity index (χ4v) is 0.764. The van der Waals surface area contributed by atoms with Gasteiger partial charge >= 0.3 is 5.97 Å². The molecule has 0 fully saturated rings. The summed E-state index contributed by atoms with van der Waals surface area (Å²) in [5.41, 5.74) is -1.02. The number of rotatable bonds is 3. The molecule has 0 radical (unpaired) electrons. The summed E-state index contributed by atoms with van der Waals surface area (Å²) in [7, 11) is 1.62. The molecule has 1 heterocycles. The Bertz CT molecular complexity index is 292. The minimum absolute atomic E-state index is 0.299. The molecule has 1 rings (SSSR count). The molecule has 0 bridgehead atoms. The maximum absolute atomic E-state index is 10.8. The Morgan fingerprint density at radius 2 is 2.31 bits per heavy atom. The summed E-state index contributed by atoms with van der Waals surface area (Å²) < 4.78 is 4.98. The third kappa shape index (κ3) is 1.63. The van der Waals surface area contributed by atoms with Gasteiger partial charge in [-0.15, -0.1) is 0 Å². The van der Waals surface area contributed by atoms with Crippen molar-refractivity contribution in [2.24, 2.45) is 0 Å². The molecule has 72 valence electrons. The first-order valence-corrected chi connectivity index (χ1v) is 3.83. The molecule has 0 atom stereocenters. The zero-order chi connectivity index (χ0) is 10.1. The summed E-state index contributed by atoms with van der Waals surface area (Å²) in [6, 6.07) is 0.299. The van der Waals surface area contributed by atoms with Crippen molar-refractivity contribution < 1.29 is 14.3 Å². The Balaban J connectivity index is 2.90. The van der Waals surface area contributed by atoms with Gasteiger partial charge < -0.3 is 14.4 Å². The van der Waals surface area contributed by atoms with Gasteiger partial charge in [0.05, 0.1) is 6.20 Å². The largest absolute Gasteiger partial charge is 0.480 e. The van der Waals surface area contributed by atoms with E-state index in [4.69, 9.17) is 9.52 Å². The number of oxazole rings is 1. The van der Waals surface area contributed by atoms with Crippen molar-refractivity contribution in [1.82, 2.24) is 4.98 Å². The molecule has 0 spiro atoms. The average Bonchev–Trinajstić information content (AvgIpc) is 2.54. The van der Waals surface area contributed by atoms with E-state index in [-0.39, 0.29) is 0 Å². The zero-order valence-corrected chi connectivity index (χ0v) is 7.81. The normalized spacial score (nSPS) is 11.3. The van der Waals surface area contributed by atoms with E-state index in [1.54, 1.807) is 20.9 Å². The Kier molecular flexibility index (Phi) is 2.27. The molecule has 13 heavy (non-hydrogen) atoms. The first-order valence-electron chi connectivity index (χ1n) is 3.83. The number of aromatic nitrogens is 1. The highest BCUT2D eigenvalue weighted by Crippen LogP contribution is 2.19. The first-order chi connectivity index (χ1) is 5.96. The fraction of sp³-hybridized carbons (Fsp3) is 0.500. The summed E-state index contributed by atoms with van der Waals surface area (Å²) in [6.07, 6.45) is 2.88. The number of aliphatic carboxylic acids is 1.